The first kappa shape index (κ1) is 12.3. The third-order valence-electron chi connectivity index (χ3n) is 3.03. The number of hydrogen-bond donors (Lipinski definition) is 1. The van der Waals surface area contributed by atoms with Crippen LogP contribution in [0.25, 0.3) is 22.4 Å². The molecule has 2 aromatic carbocycles. The lowest BCUT2D eigenvalue weighted by molar-refractivity contribution is 0.475. The Labute approximate surface area is 120 Å². The minimum absolute atomic E-state index is 0.157. The number of rotatable bonds is 1. The van der Waals surface area contributed by atoms with Crippen molar-refractivity contribution in [2.45, 2.75) is 0 Å². The molecule has 0 aliphatic carbocycles. The maximum atomic E-state index is 9.59. The smallest absolute Gasteiger partial charge is 0.142 e. The topological polar surface area (TPSA) is 38.0 Å². The van der Waals surface area contributed by atoms with Gasteiger partial charge in [0.15, 0.2) is 0 Å². The van der Waals surface area contributed by atoms with E-state index in [-0.39, 0.29) is 5.75 Å². The molecule has 0 saturated carbocycles. The number of fused-ring (bicyclic) bond motifs is 1. The molecule has 0 spiro atoms. The molecule has 1 heterocycles. The highest BCUT2D eigenvalue weighted by Gasteiger charge is 2.13. The summed E-state index contributed by atoms with van der Waals surface area (Å²) >= 11 is 12.2. The van der Waals surface area contributed by atoms with Gasteiger partial charge in [0, 0.05) is 17.6 Å². The lowest BCUT2D eigenvalue weighted by Gasteiger charge is -2.05. The van der Waals surface area contributed by atoms with Crippen LogP contribution in [-0.4, -0.2) is 14.7 Å². The first-order valence-corrected chi connectivity index (χ1v) is 6.43. The predicted octanol–water partition coefficient (Wildman–Crippen LogP) is 4.25. The van der Waals surface area contributed by atoms with Crippen LogP contribution >= 0.6 is 23.2 Å². The maximum Gasteiger partial charge on any atom is 0.142 e. The molecule has 0 amide bonds. The molecule has 0 bridgehead atoms. The summed E-state index contributed by atoms with van der Waals surface area (Å²) in [4.78, 5) is 4.53. The summed E-state index contributed by atoms with van der Waals surface area (Å²) in [5, 5.41) is 10.8. The van der Waals surface area contributed by atoms with E-state index in [0.29, 0.717) is 21.4 Å². The third-order valence-corrected chi connectivity index (χ3v) is 3.60. The number of hydrogen-bond acceptors (Lipinski definition) is 2. The van der Waals surface area contributed by atoms with Crippen LogP contribution in [0.4, 0.5) is 0 Å². The van der Waals surface area contributed by atoms with Gasteiger partial charge in [0.25, 0.3) is 0 Å². The van der Waals surface area contributed by atoms with Crippen LogP contribution in [0.1, 0.15) is 0 Å². The predicted molar refractivity (Wildman–Crippen MR) is 77.8 cm³/mol. The Morgan fingerprint density at radius 1 is 1.11 bits per heavy atom. The fraction of sp³-hybridized carbons (Fsp3) is 0.0714. The van der Waals surface area contributed by atoms with Gasteiger partial charge in [-0.3, -0.25) is 0 Å². The lowest BCUT2D eigenvalue weighted by atomic mass is 10.2. The van der Waals surface area contributed by atoms with Crippen LogP contribution < -0.4 is 0 Å². The SMILES string of the molecule is Cn1c(-c2cc(O)ccc2Cl)nc2ccc(Cl)cc21. The normalized spacial score (nSPS) is 11.1. The Bertz CT molecular complexity index is 780. The van der Waals surface area contributed by atoms with Crippen LogP contribution in [0.15, 0.2) is 36.4 Å². The number of benzene rings is 2. The van der Waals surface area contributed by atoms with Gasteiger partial charge in [-0.15, -0.1) is 0 Å². The molecule has 0 saturated heterocycles. The largest absolute Gasteiger partial charge is 0.508 e. The summed E-state index contributed by atoms with van der Waals surface area (Å²) in [6.07, 6.45) is 0. The number of aromatic hydroxyl groups is 1. The second-order valence-electron chi connectivity index (χ2n) is 4.29. The van der Waals surface area contributed by atoms with Crippen molar-refractivity contribution in [2.24, 2.45) is 7.05 Å². The number of aromatic nitrogens is 2. The summed E-state index contributed by atoms with van der Waals surface area (Å²) in [6.45, 7) is 0. The molecule has 0 unspecified atom stereocenters. The number of imidazole rings is 1. The van der Waals surface area contributed by atoms with E-state index < -0.39 is 0 Å². The lowest BCUT2D eigenvalue weighted by Crippen LogP contribution is -1.93. The van der Waals surface area contributed by atoms with Crippen LogP contribution in [0.2, 0.25) is 10.0 Å². The van der Waals surface area contributed by atoms with Crippen molar-refractivity contribution in [1.82, 2.24) is 9.55 Å². The molecule has 0 aliphatic rings. The van der Waals surface area contributed by atoms with Crippen molar-refractivity contribution < 1.29 is 5.11 Å². The molecule has 0 fully saturated rings. The number of aryl methyl sites for hydroxylation is 1. The second-order valence-corrected chi connectivity index (χ2v) is 5.14. The number of halogens is 2. The van der Waals surface area contributed by atoms with Crippen LogP contribution in [-0.2, 0) is 7.05 Å². The average molecular weight is 293 g/mol. The molecular weight excluding hydrogens is 283 g/mol. The van der Waals surface area contributed by atoms with Crippen molar-refractivity contribution >= 4 is 34.2 Å². The highest BCUT2D eigenvalue weighted by atomic mass is 35.5. The summed E-state index contributed by atoms with van der Waals surface area (Å²) in [5.74, 6) is 0.850. The van der Waals surface area contributed by atoms with Crippen LogP contribution in [0, 0.1) is 0 Å². The molecule has 19 heavy (non-hydrogen) atoms. The number of nitrogens with zero attached hydrogens (tertiary/aromatic N) is 2. The minimum atomic E-state index is 0.157. The van der Waals surface area contributed by atoms with Crippen molar-refractivity contribution in [3.63, 3.8) is 0 Å². The standard InChI is InChI=1S/C14H10Cl2N2O/c1-18-13-6-8(15)2-5-12(13)17-14(18)10-7-9(19)3-4-11(10)16/h2-7,19H,1H3. The molecule has 3 aromatic rings. The van der Waals surface area contributed by atoms with E-state index in [1.54, 1.807) is 24.3 Å². The quantitative estimate of drug-likeness (QED) is 0.728. The third kappa shape index (κ3) is 2.05. The summed E-state index contributed by atoms with van der Waals surface area (Å²) in [6, 6.07) is 10.3. The Morgan fingerprint density at radius 3 is 2.68 bits per heavy atom. The summed E-state index contributed by atoms with van der Waals surface area (Å²) in [7, 11) is 1.89. The van der Waals surface area contributed by atoms with E-state index in [1.807, 2.05) is 23.7 Å². The van der Waals surface area contributed by atoms with Gasteiger partial charge in [-0.25, -0.2) is 4.98 Å². The Kier molecular flexibility index (Phi) is 2.88. The average Bonchev–Trinajstić information content (AvgIpc) is 2.70. The molecule has 3 rings (SSSR count). The van der Waals surface area contributed by atoms with E-state index in [2.05, 4.69) is 4.98 Å². The Balaban J connectivity index is 2.31. The summed E-state index contributed by atoms with van der Waals surface area (Å²) < 4.78 is 1.90. The molecule has 0 atom stereocenters. The van der Waals surface area contributed by atoms with Crippen molar-refractivity contribution in [3.8, 4) is 17.1 Å². The van der Waals surface area contributed by atoms with Crippen molar-refractivity contribution in [2.75, 3.05) is 0 Å². The molecule has 5 heteroatoms. The number of phenolic OH excluding ortho intramolecular Hbond substituents is 1. The van der Waals surface area contributed by atoms with E-state index in [4.69, 9.17) is 23.2 Å². The van der Waals surface area contributed by atoms with Gasteiger partial charge in [0.05, 0.1) is 16.1 Å². The molecule has 1 N–H and O–H groups in total. The Hall–Kier alpha value is -1.71. The fourth-order valence-electron chi connectivity index (χ4n) is 2.09. The van der Waals surface area contributed by atoms with Crippen LogP contribution in [0.3, 0.4) is 0 Å². The van der Waals surface area contributed by atoms with E-state index in [9.17, 15) is 5.11 Å². The first-order valence-electron chi connectivity index (χ1n) is 5.67. The molecule has 0 aliphatic heterocycles. The van der Waals surface area contributed by atoms with Gasteiger partial charge in [-0.2, -0.15) is 0 Å². The van der Waals surface area contributed by atoms with Gasteiger partial charge in [0.2, 0.25) is 0 Å². The molecule has 0 radical (unpaired) electrons. The molecular formula is C14H10Cl2N2O. The van der Waals surface area contributed by atoms with Gasteiger partial charge in [0.1, 0.15) is 11.6 Å². The van der Waals surface area contributed by atoms with Crippen molar-refractivity contribution in [3.05, 3.63) is 46.4 Å². The van der Waals surface area contributed by atoms with E-state index in [0.717, 1.165) is 11.0 Å². The zero-order valence-corrected chi connectivity index (χ0v) is 11.6. The molecule has 3 nitrogen and oxygen atoms in total. The maximum absolute atomic E-state index is 9.59. The molecule has 96 valence electrons. The number of phenols is 1. The van der Waals surface area contributed by atoms with Gasteiger partial charge in [-0.05, 0) is 36.4 Å². The molecule has 1 aromatic heterocycles. The minimum Gasteiger partial charge on any atom is -0.508 e. The zero-order valence-electron chi connectivity index (χ0n) is 10.1. The van der Waals surface area contributed by atoms with Gasteiger partial charge < -0.3 is 9.67 Å². The second kappa shape index (κ2) is 4.44. The van der Waals surface area contributed by atoms with E-state index in [1.165, 1.54) is 0 Å². The Morgan fingerprint density at radius 2 is 1.89 bits per heavy atom. The zero-order chi connectivity index (χ0) is 13.6. The highest BCUT2D eigenvalue weighted by molar-refractivity contribution is 6.33. The monoisotopic (exact) mass is 292 g/mol. The van der Waals surface area contributed by atoms with Crippen molar-refractivity contribution in [1.29, 1.82) is 0 Å². The fourth-order valence-corrected chi connectivity index (χ4v) is 2.46. The highest BCUT2D eigenvalue weighted by Crippen LogP contribution is 2.32. The van der Waals surface area contributed by atoms with Crippen LogP contribution in [0.5, 0.6) is 5.75 Å². The summed E-state index contributed by atoms with van der Waals surface area (Å²) in [5.41, 5.74) is 2.44. The van der Waals surface area contributed by atoms with E-state index >= 15 is 0 Å². The van der Waals surface area contributed by atoms with Gasteiger partial charge in [-0.1, -0.05) is 23.2 Å². The van der Waals surface area contributed by atoms with Gasteiger partial charge >= 0.3 is 0 Å². The first-order chi connectivity index (χ1) is 9.06.